The molecular formula is C15H13ClO2. The van der Waals surface area contributed by atoms with E-state index in [1.807, 2.05) is 37.3 Å². The predicted octanol–water partition coefficient (Wildman–Crippen LogP) is 4.04. The lowest BCUT2D eigenvalue weighted by Gasteiger charge is -2.10. The normalized spacial score (nSPS) is 10.1. The molecule has 2 rings (SSSR count). The smallest absolute Gasteiger partial charge is 0.153 e. The van der Waals surface area contributed by atoms with Crippen LogP contribution in [0.4, 0.5) is 0 Å². The first-order valence-corrected chi connectivity index (χ1v) is 6.00. The van der Waals surface area contributed by atoms with Gasteiger partial charge in [0.05, 0.1) is 5.56 Å². The van der Waals surface area contributed by atoms with Gasteiger partial charge in [0.25, 0.3) is 0 Å². The SMILES string of the molecule is Cc1ccc(OCc2ccccc2Cl)c(C=O)c1. The van der Waals surface area contributed by atoms with Crippen molar-refractivity contribution in [2.45, 2.75) is 13.5 Å². The van der Waals surface area contributed by atoms with Crippen LogP contribution < -0.4 is 4.74 Å². The van der Waals surface area contributed by atoms with E-state index in [1.165, 1.54) is 0 Å². The Morgan fingerprint density at radius 3 is 2.72 bits per heavy atom. The number of carbonyl (C=O) groups is 1. The third kappa shape index (κ3) is 2.90. The summed E-state index contributed by atoms with van der Waals surface area (Å²) in [7, 11) is 0. The number of rotatable bonds is 4. The van der Waals surface area contributed by atoms with E-state index in [0.29, 0.717) is 22.9 Å². The maximum atomic E-state index is 11.0. The number of benzene rings is 2. The van der Waals surface area contributed by atoms with Gasteiger partial charge in [-0.1, -0.05) is 41.4 Å². The highest BCUT2D eigenvalue weighted by atomic mass is 35.5. The van der Waals surface area contributed by atoms with Crippen molar-refractivity contribution in [1.29, 1.82) is 0 Å². The number of halogens is 1. The van der Waals surface area contributed by atoms with Crippen LogP contribution in [0.5, 0.6) is 5.75 Å². The van der Waals surface area contributed by atoms with Gasteiger partial charge >= 0.3 is 0 Å². The predicted molar refractivity (Wildman–Crippen MR) is 72.4 cm³/mol. The lowest BCUT2D eigenvalue weighted by atomic mass is 10.1. The summed E-state index contributed by atoms with van der Waals surface area (Å²) in [6.45, 7) is 2.29. The Bertz CT molecular complexity index is 564. The van der Waals surface area contributed by atoms with Crippen molar-refractivity contribution in [2.24, 2.45) is 0 Å². The van der Waals surface area contributed by atoms with Gasteiger partial charge in [-0.3, -0.25) is 4.79 Å². The van der Waals surface area contributed by atoms with Gasteiger partial charge in [-0.2, -0.15) is 0 Å². The van der Waals surface area contributed by atoms with E-state index in [9.17, 15) is 4.79 Å². The van der Waals surface area contributed by atoms with E-state index in [0.717, 1.165) is 17.4 Å². The van der Waals surface area contributed by atoms with Crippen molar-refractivity contribution >= 4 is 17.9 Å². The number of aryl methyl sites for hydroxylation is 1. The summed E-state index contributed by atoms with van der Waals surface area (Å²) >= 11 is 6.04. The zero-order valence-corrected chi connectivity index (χ0v) is 10.8. The molecule has 92 valence electrons. The summed E-state index contributed by atoms with van der Waals surface area (Å²) in [5, 5.41) is 0.664. The van der Waals surface area contributed by atoms with Crippen LogP contribution in [0.2, 0.25) is 5.02 Å². The summed E-state index contributed by atoms with van der Waals surface area (Å²) in [5.41, 5.74) is 2.49. The van der Waals surface area contributed by atoms with Gasteiger partial charge in [-0.05, 0) is 25.1 Å². The molecule has 0 saturated carbocycles. The Hall–Kier alpha value is -1.80. The fourth-order valence-electron chi connectivity index (χ4n) is 1.66. The van der Waals surface area contributed by atoms with Crippen LogP contribution in [-0.4, -0.2) is 6.29 Å². The van der Waals surface area contributed by atoms with Crippen LogP contribution in [0.1, 0.15) is 21.5 Å². The number of hydrogen-bond donors (Lipinski definition) is 0. The molecule has 0 aliphatic rings. The summed E-state index contributed by atoms with van der Waals surface area (Å²) in [6.07, 6.45) is 0.801. The Balaban J connectivity index is 2.16. The first kappa shape index (κ1) is 12.7. The van der Waals surface area contributed by atoms with Crippen molar-refractivity contribution in [2.75, 3.05) is 0 Å². The Kier molecular flexibility index (Phi) is 4.00. The van der Waals surface area contributed by atoms with Crippen LogP contribution in [0.15, 0.2) is 42.5 Å². The van der Waals surface area contributed by atoms with E-state index in [4.69, 9.17) is 16.3 Å². The highest BCUT2D eigenvalue weighted by Crippen LogP contribution is 2.21. The lowest BCUT2D eigenvalue weighted by molar-refractivity contribution is 0.111. The van der Waals surface area contributed by atoms with Crippen molar-refractivity contribution in [1.82, 2.24) is 0 Å². The minimum absolute atomic E-state index is 0.351. The molecule has 0 heterocycles. The average molecular weight is 261 g/mol. The first-order valence-electron chi connectivity index (χ1n) is 5.63. The zero-order valence-electron chi connectivity index (χ0n) is 10.0. The van der Waals surface area contributed by atoms with Crippen LogP contribution >= 0.6 is 11.6 Å². The molecule has 2 nitrogen and oxygen atoms in total. The maximum absolute atomic E-state index is 11.0. The third-order valence-corrected chi connectivity index (χ3v) is 3.00. The Labute approximate surface area is 111 Å². The van der Waals surface area contributed by atoms with Gasteiger partial charge in [0.15, 0.2) is 6.29 Å². The minimum atomic E-state index is 0.351. The van der Waals surface area contributed by atoms with Crippen molar-refractivity contribution in [3.8, 4) is 5.75 Å². The lowest BCUT2D eigenvalue weighted by Crippen LogP contribution is -1.99. The summed E-state index contributed by atoms with van der Waals surface area (Å²) in [5.74, 6) is 0.579. The molecule has 0 N–H and O–H groups in total. The molecule has 2 aromatic carbocycles. The third-order valence-electron chi connectivity index (χ3n) is 2.63. The van der Waals surface area contributed by atoms with Crippen molar-refractivity contribution in [3.05, 3.63) is 64.2 Å². The molecule has 0 unspecified atom stereocenters. The molecule has 0 fully saturated rings. The molecule has 0 radical (unpaired) electrons. The van der Waals surface area contributed by atoms with Crippen LogP contribution in [0.3, 0.4) is 0 Å². The number of hydrogen-bond acceptors (Lipinski definition) is 2. The van der Waals surface area contributed by atoms with Gasteiger partial charge in [0.2, 0.25) is 0 Å². The summed E-state index contributed by atoms with van der Waals surface area (Å²) in [4.78, 5) is 11.0. The molecule has 18 heavy (non-hydrogen) atoms. The quantitative estimate of drug-likeness (QED) is 0.776. The second kappa shape index (κ2) is 5.69. The van der Waals surface area contributed by atoms with Gasteiger partial charge in [0, 0.05) is 10.6 Å². The largest absolute Gasteiger partial charge is 0.488 e. The van der Waals surface area contributed by atoms with E-state index < -0.39 is 0 Å². The number of aldehydes is 1. The van der Waals surface area contributed by atoms with Crippen LogP contribution in [0.25, 0.3) is 0 Å². The topological polar surface area (TPSA) is 26.3 Å². The van der Waals surface area contributed by atoms with E-state index >= 15 is 0 Å². The van der Waals surface area contributed by atoms with Crippen LogP contribution in [0, 0.1) is 6.92 Å². The molecule has 0 spiro atoms. The Morgan fingerprint density at radius 2 is 2.00 bits per heavy atom. The zero-order chi connectivity index (χ0) is 13.0. The van der Waals surface area contributed by atoms with Crippen molar-refractivity contribution in [3.63, 3.8) is 0 Å². The summed E-state index contributed by atoms with van der Waals surface area (Å²) < 4.78 is 5.63. The number of ether oxygens (including phenoxy) is 1. The summed E-state index contributed by atoms with van der Waals surface area (Å²) in [6, 6.07) is 13.0. The maximum Gasteiger partial charge on any atom is 0.153 e. The molecule has 0 aliphatic heterocycles. The van der Waals surface area contributed by atoms with Crippen molar-refractivity contribution < 1.29 is 9.53 Å². The van der Waals surface area contributed by atoms with Gasteiger partial charge in [-0.25, -0.2) is 0 Å². The molecule has 0 aromatic heterocycles. The highest BCUT2D eigenvalue weighted by Gasteiger charge is 2.05. The molecule has 0 saturated heterocycles. The Morgan fingerprint density at radius 1 is 1.22 bits per heavy atom. The van der Waals surface area contributed by atoms with Gasteiger partial charge < -0.3 is 4.74 Å². The monoisotopic (exact) mass is 260 g/mol. The molecule has 3 heteroatoms. The standard InChI is InChI=1S/C15H13ClO2/c1-11-6-7-15(13(8-11)9-17)18-10-12-4-2-3-5-14(12)16/h2-9H,10H2,1H3. The minimum Gasteiger partial charge on any atom is -0.488 e. The van der Waals surface area contributed by atoms with Gasteiger partial charge in [-0.15, -0.1) is 0 Å². The molecule has 0 amide bonds. The molecular weight excluding hydrogens is 248 g/mol. The van der Waals surface area contributed by atoms with E-state index in [-0.39, 0.29) is 0 Å². The average Bonchev–Trinajstić information content (AvgIpc) is 2.39. The second-order valence-electron chi connectivity index (χ2n) is 4.04. The fraction of sp³-hybridized carbons (Fsp3) is 0.133. The fourth-order valence-corrected chi connectivity index (χ4v) is 1.85. The molecule has 0 aliphatic carbocycles. The first-order chi connectivity index (χ1) is 8.70. The molecule has 0 atom stereocenters. The van der Waals surface area contributed by atoms with E-state index in [1.54, 1.807) is 12.1 Å². The van der Waals surface area contributed by atoms with Gasteiger partial charge in [0.1, 0.15) is 12.4 Å². The molecule has 0 bridgehead atoms. The van der Waals surface area contributed by atoms with E-state index in [2.05, 4.69) is 0 Å². The molecule has 2 aromatic rings. The van der Waals surface area contributed by atoms with Crippen LogP contribution in [-0.2, 0) is 6.61 Å². The second-order valence-corrected chi connectivity index (χ2v) is 4.45. The highest BCUT2D eigenvalue weighted by molar-refractivity contribution is 6.31. The number of carbonyl (C=O) groups excluding carboxylic acids is 1.